The van der Waals surface area contributed by atoms with Crippen molar-refractivity contribution in [1.29, 1.82) is 0 Å². The number of hydrogen-bond acceptors (Lipinski definition) is 4. The molecule has 1 amide bonds. The average molecular weight is 386 g/mol. The van der Waals surface area contributed by atoms with Crippen molar-refractivity contribution in [2.75, 3.05) is 6.61 Å². The number of thiophene rings is 1. The van der Waals surface area contributed by atoms with Crippen molar-refractivity contribution in [1.82, 2.24) is 5.32 Å². The molecule has 0 fully saturated rings. The van der Waals surface area contributed by atoms with Crippen LogP contribution in [-0.2, 0) is 20.7 Å². The first-order chi connectivity index (χ1) is 11.5. The molecular weight excluding hydrogens is 369 g/mol. The minimum Gasteiger partial charge on any atom is -0.456 e. The van der Waals surface area contributed by atoms with Crippen LogP contribution >= 0.6 is 34.5 Å². The summed E-state index contributed by atoms with van der Waals surface area (Å²) in [7, 11) is 0. The van der Waals surface area contributed by atoms with Gasteiger partial charge < -0.3 is 10.1 Å². The summed E-state index contributed by atoms with van der Waals surface area (Å²) in [6.07, 6.45) is 0.864. The number of carbonyl (C=O) groups excluding carboxylic acids is 2. The molecule has 0 saturated carbocycles. The van der Waals surface area contributed by atoms with Gasteiger partial charge in [-0.05, 0) is 53.4 Å². The molecule has 7 heteroatoms. The summed E-state index contributed by atoms with van der Waals surface area (Å²) in [4.78, 5) is 23.5. The summed E-state index contributed by atoms with van der Waals surface area (Å²) in [5.41, 5.74) is 1.84. The van der Waals surface area contributed by atoms with Crippen LogP contribution < -0.4 is 5.32 Å². The molecule has 0 saturated heterocycles. The molecule has 1 heterocycles. The van der Waals surface area contributed by atoms with E-state index in [0.717, 1.165) is 11.1 Å². The summed E-state index contributed by atoms with van der Waals surface area (Å²) in [5, 5.41) is 7.68. The molecule has 1 atom stereocenters. The Labute approximate surface area is 154 Å². The lowest BCUT2D eigenvalue weighted by Crippen LogP contribution is -2.31. The van der Waals surface area contributed by atoms with E-state index in [1.165, 1.54) is 0 Å². The first-order valence-corrected chi connectivity index (χ1v) is 9.06. The van der Waals surface area contributed by atoms with Gasteiger partial charge >= 0.3 is 5.97 Å². The van der Waals surface area contributed by atoms with Gasteiger partial charge in [0.2, 0.25) is 0 Å². The van der Waals surface area contributed by atoms with Crippen LogP contribution in [0.3, 0.4) is 0 Å². The fraction of sp³-hybridized carbons (Fsp3) is 0.294. The molecule has 0 bridgehead atoms. The second-order valence-electron chi connectivity index (χ2n) is 5.25. The Kier molecular flexibility index (Phi) is 7.09. The van der Waals surface area contributed by atoms with Crippen molar-refractivity contribution in [3.8, 4) is 0 Å². The van der Waals surface area contributed by atoms with Crippen LogP contribution in [0.4, 0.5) is 0 Å². The van der Waals surface area contributed by atoms with Gasteiger partial charge in [-0.3, -0.25) is 9.59 Å². The fourth-order valence-corrected chi connectivity index (χ4v) is 3.39. The van der Waals surface area contributed by atoms with Crippen molar-refractivity contribution in [2.45, 2.75) is 25.8 Å². The van der Waals surface area contributed by atoms with E-state index in [1.54, 1.807) is 36.5 Å². The van der Waals surface area contributed by atoms with E-state index in [1.807, 2.05) is 16.8 Å². The standard InChI is InChI=1S/C17H17Cl2NO3S/c1-11(14-4-3-13(18)8-15(14)19)20-16(21)9-23-17(22)5-2-12-6-7-24-10-12/h3-4,6-8,10-11H,2,5,9H2,1H3,(H,20,21)/t11-/m1/s1. The molecule has 0 radical (unpaired) electrons. The van der Waals surface area contributed by atoms with E-state index >= 15 is 0 Å². The molecule has 0 spiro atoms. The lowest BCUT2D eigenvalue weighted by Gasteiger charge is -2.16. The van der Waals surface area contributed by atoms with Gasteiger partial charge in [-0.1, -0.05) is 29.3 Å². The van der Waals surface area contributed by atoms with Crippen molar-refractivity contribution >= 4 is 46.4 Å². The highest BCUT2D eigenvalue weighted by atomic mass is 35.5. The molecule has 1 aromatic heterocycles. The third-order valence-electron chi connectivity index (χ3n) is 3.37. The SMILES string of the molecule is C[C@@H](NC(=O)COC(=O)CCc1ccsc1)c1ccc(Cl)cc1Cl. The highest BCUT2D eigenvalue weighted by molar-refractivity contribution is 7.07. The summed E-state index contributed by atoms with van der Waals surface area (Å²) >= 11 is 13.5. The zero-order chi connectivity index (χ0) is 17.5. The molecule has 1 aromatic carbocycles. The smallest absolute Gasteiger partial charge is 0.306 e. The van der Waals surface area contributed by atoms with Gasteiger partial charge in [0.1, 0.15) is 0 Å². The highest BCUT2D eigenvalue weighted by Gasteiger charge is 2.14. The number of esters is 1. The lowest BCUT2D eigenvalue weighted by atomic mass is 10.1. The Morgan fingerprint density at radius 2 is 2.08 bits per heavy atom. The Balaban J connectivity index is 1.75. The van der Waals surface area contributed by atoms with Gasteiger partial charge in [-0.25, -0.2) is 0 Å². The average Bonchev–Trinajstić information content (AvgIpc) is 3.04. The largest absolute Gasteiger partial charge is 0.456 e. The quantitative estimate of drug-likeness (QED) is 0.718. The first-order valence-electron chi connectivity index (χ1n) is 7.36. The van der Waals surface area contributed by atoms with E-state index < -0.39 is 5.97 Å². The van der Waals surface area contributed by atoms with Crippen LogP contribution in [0.15, 0.2) is 35.0 Å². The van der Waals surface area contributed by atoms with Crippen LogP contribution in [-0.4, -0.2) is 18.5 Å². The van der Waals surface area contributed by atoms with Crippen LogP contribution in [0.2, 0.25) is 10.0 Å². The normalized spacial score (nSPS) is 11.8. The minimum atomic E-state index is -0.395. The third-order valence-corrected chi connectivity index (χ3v) is 4.66. The molecule has 0 unspecified atom stereocenters. The number of carbonyl (C=O) groups is 2. The molecular formula is C17H17Cl2NO3S. The van der Waals surface area contributed by atoms with E-state index in [2.05, 4.69) is 5.32 Å². The van der Waals surface area contributed by atoms with E-state index in [9.17, 15) is 9.59 Å². The van der Waals surface area contributed by atoms with Crippen LogP contribution in [0.5, 0.6) is 0 Å². The molecule has 1 N–H and O–H groups in total. The molecule has 24 heavy (non-hydrogen) atoms. The Bertz CT molecular complexity index is 704. The van der Waals surface area contributed by atoms with Gasteiger partial charge in [-0.2, -0.15) is 11.3 Å². The van der Waals surface area contributed by atoms with Crippen molar-refractivity contribution in [3.63, 3.8) is 0 Å². The maximum Gasteiger partial charge on any atom is 0.306 e. The third kappa shape index (κ3) is 5.82. The number of hydrogen-bond donors (Lipinski definition) is 1. The molecule has 2 aromatic rings. The second-order valence-corrected chi connectivity index (χ2v) is 6.87. The summed E-state index contributed by atoms with van der Waals surface area (Å²) < 4.78 is 4.99. The maximum atomic E-state index is 11.9. The van der Waals surface area contributed by atoms with Crippen molar-refractivity contribution in [2.24, 2.45) is 0 Å². The molecule has 0 aliphatic heterocycles. The monoisotopic (exact) mass is 385 g/mol. The van der Waals surface area contributed by atoms with Gasteiger partial charge in [0.15, 0.2) is 6.61 Å². The van der Waals surface area contributed by atoms with Crippen molar-refractivity contribution in [3.05, 3.63) is 56.2 Å². The minimum absolute atomic E-state index is 0.253. The summed E-state index contributed by atoms with van der Waals surface area (Å²) in [5.74, 6) is -0.772. The zero-order valence-electron chi connectivity index (χ0n) is 13.1. The Hall–Kier alpha value is -1.56. The van der Waals surface area contributed by atoms with Gasteiger partial charge in [0, 0.05) is 16.5 Å². The molecule has 128 valence electrons. The first kappa shape index (κ1) is 18.8. The van der Waals surface area contributed by atoms with Gasteiger partial charge in [-0.15, -0.1) is 0 Å². The number of ether oxygens (including phenoxy) is 1. The molecule has 4 nitrogen and oxygen atoms in total. The van der Waals surface area contributed by atoms with E-state index in [4.69, 9.17) is 27.9 Å². The number of nitrogens with one attached hydrogen (secondary N) is 1. The van der Waals surface area contributed by atoms with E-state index in [-0.39, 0.29) is 25.0 Å². The van der Waals surface area contributed by atoms with Crippen molar-refractivity contribution < 1.29 is 14.3 Å². The number of rotatable bonds is 7. The lowest BCUT2D eigenvalue weighted by molar-refractivity contribution is -0.148. The van der Waals surface area contributed by atoms with Gasteiger partial charge in [0.05, 0.1) is 6.04 Å². The number of halogens is 2. The van der Waals surface area contributed by atoms with E-state index in [0.29, 0.717) is 16.5 Å². The van der Waals surface area contributed by atoms with Crippen LogP contribution in [0, 0.1) is 0 Å². The van der Waals surface area contributed by atoms with Gasteiger partial charge in [0.25, 0.3) is 5.91 Å². The predicted molar refractivity (Wildman–Crippen MR) is 96.6 cm³/mol. The zero-order valence-corrected chi connectivity index (χ0v) is 15.4. The topological polar surface area (TPSA) is 55.4 Å². The Morgan fingerprint density at radius 3 is 2.75 bits per heavy atom. The summed E-state index contributed by atoms with van der Waals surface area (Å²) in [6.45, 7) is 1.49. The predicted octanol–water partition coefficient (Wildman–Crippen LogP) is 4.41. The number of aryl methyl sites for hydroxylation is 1. The number of benzene rings is 1. The molecule has 0 aliphatic rings. The van der Waals surface area contributed by atoms with Crippen LogP contribution in [0.25, 0.3) is 0 Å². The fourth-order valence-electron chi connectivity index (χ4n) is 2.11. The molecule has 0 aliphatic carbocycles. The van der Waals surface area contributed by atoms with Crippen LogP contribution in [0.1, 0.15) is 30.5 Å². The molecule has 2 rings (SSSR count). The Morgan fingerprint density at radius 1 is 1.29 bits per heavy atom. The highest BCUT2D eigenvalue weighted by Crippen LogP contribution is 2.25. The number of amides is 1. The maximum absolute atomic E-state index is 11.9. The second kappa shape index (κ2) is 9.06. The summed E-state index contributed by atoms with van der Waals surface area (Å²) in [6, 6.07) is 6.72.